The van der Waals surface area contributed by atoms with Crippen molar-refractivity contribution < 1.29 is 14.4 Å². The topological polar surface area (TPSA) is 73.0 Å². The van der Waals surface area contributed by atoms with Gasteiger partial charge in [0.1, 0.15) is 5.54 Å². The van der Waals surface area contributed by atoms with Crippen molar-refractivity contribution in [1.29, 1.82) is 0 Å². The molecule has 0 aliphatic carbocycles. The lowest BCUT2D eigenvalue weighted by atomic mass is 9.76. The second-order valence-corrected chi connectivity index (χ2v) is 7.53. The fraction of sp³-hybridized carbons (Fsp3) is 0.500. The first-order valence-corrected chi connectivity index (χ1v) is 8.65. The molecule has 4 aliphatic rings. The highest BCUT2D eigenvalue weighted by Gasteiger charge is 2.73. The Bertz CT molecular complexity index is 824. The number of likely N-dealkylation sites (N-methyl/N-ethyl adjacent to an activating group) is 1. The summed E-state index contributed by atoms with van der Waals surface area (Å²) in [5.41, 5.74) is 0.518. The molecule has 1 N–H and O–H groups in total. The zero-order valence-electron chi connectivity index (χ0n) is 14.2. The quantitative estimate of drug-likeness (QED) is 0.656. The average Bonchev–Trinajstić information content (AvgIpc) is 3.14. The molecule has 4 atom stereocenters. The van der Waals surface area contributed by atoms with Gasteiger partial charge in [0.2, 0.25) is 17.7 Å². The number of carbonyl (C=O) groups excluding carboxylic acids is 3. The predicted octanol–water partition coefficient (Wildman–Crippen LogP) is -0.305. The molecule has 3 fully saturated rings. The summed E-state index contributed by atoms with van der Waals surface area (Å²) in [6, 6.07) is 7.43. The molecule has 0 bridgehead atoms. The maximum Gasteiger partial charge on any atom is 0.250 e. The molecule has 4 aliphatic heterocycles. The number of imide groups is 1. The van der Waals surface area contributed by atoms with Gasteiger partial charge in [-0.3, -0.25) is 24.2 Å². The van der Waals surface area contributed by atoms with Crippen LogP contribution in [0, 0.1) is 11.8 Å². The molecule has 7 nitrogen and oxygen atoms in total. The number of likely N-dealkylation sites (tertiary alicyclic amines) is 1. The van der Waals surface area contributed by atoms with Crippen LogP contribution in [0.15, 0.2) is 24.3 Å². The van der Waals surface area contributed by atoms with Crippen LogP contribution in [0.5, 0.6) is 0 Å². The molecule has 25 heavy (non-hydrogen) atoms. The third-order valence-electron chi connectivity index (χ3n) is 6.44. The zero-order valence-corrected chi connectivity index (χ0v) is 14.2. The number of piperazine rings is 1. The van der Waals surface area contributed by atoms with E-state index in [-0.39, 0.29) is 23.8 Å². The normalized spacial score (nSPS) is 37.4. The number of anilines is 1. The lowest BCUT2D eigenvalue weighted by Crippen LogP contribution is -2.60. The van der Waals surface area contributed by atoms with Crippen molar-refractivity contribution in [2.24, 2.45) is 11.8 Å². The van der Waals surface area contributed by atoms with E-state index in [2.05, 4.69) is 15.1 Å². The Balaban J connectivity index is 1.77. The van der Waals surface area contributed by atoms with Crippen molar-refractivity contribution >= 4 is 23.4 Å². The van der Waals surface area contributed by atoms with E-state index < -0.39 is 17.4 Å². The first-order valence-electron chi connectivity index (χ1n) is 8.65. The molecule has 3 amide bonds. The van der Waals surface area contributed by atoms with Crippen LogP contribution in [0.4, 0.5) is 5.69 Å². The summed E-state index contributed by atoms with van der Waals surface area (Å²) >= 11 is 0. The number of hydrogen-bond donors (Lipinski definition) is 1. The number of nitrogens with zero attached hydrogens (tertiary/aromatic N) is 3. The van der Waals surface area contributed by atoms with Gasteiger partial charge in [-0.05, 0) is 13.1 Å². The van der Waals surface area contributed by atoms with Gasteiger partial charge in [0, 0.05) is 44.0 Å². The molecule has 0 aromatic heterocycles. The summed E-state index contributed by atoms with van der Waals surface area (Å²) in [6.45, 7) is 2.16. The minimum atomic E-state index is -1.06. The van der Waals surface area contributed by atoms with E-state index >= 15 is 0 Å². The van der Waals surface area contributed by atoms with E-state index in [1.165, 1.54) is 11.9 Å². The van der Waals surface area contributed by atoms with Crippen molar-refractivity contribution in [3.8, 4) is 0 Å². The molecule has 130 valence electrons. The molecule has 1 aromatic carbocycles. The van der Waals surface area contributed by atoms with Gasteiger partial charge in [0.05, 0.1) is 11.8 Å². The Hall–Kier alpha value is -2.25. The Labute approximate surface area is 145 Å². The van der Waals surface area contributed by atoms with E-state index in [4.69, 9.17) is 0 Å². The van der Waals surface area contributed by atoms with E-state index in [9.17, 15) is 14.4 Å². The molecule has 0 radical (unpaired) electrons. The van der Waals surface area contributed by atoms with Gasteiger partial charge in [-0.1, -0.05) is 18.2 Å². The highest BCUT2D eigenvalue weighted by atomic mass is 16.2. The predicted molar refractivity (Wildman–Crippen MR) is 89.5 cm³/mol. The Kier molecular flexibility index (Phi) is 2.81. The highest BCUT2D eigenvalue weighted by molar-refractivity contribution is 6.15. The number of hydrogen-bond acceptors (Lipinski definition) is 5. The molecule has 3 saturated heterocycles. The Morgan fingerprint density at radius 1 is 1.08 bits per heavy atom. The summed E-state index contributed by atoms with van der Waals surface area (Å²) in [5.74, 6) is -1.68. The third kappa shape index (κ3) is 1.56. The number of carbonyl (C=O) groups is 3. The minimum Gasteiger partial charge on any atom is -0.324 e. The Morgan fingerprint density at radius 2 is 1.84 bits per heavy atom. The van der Waals surface area contributed by atoms with Crippen LogP contribution in [0.3, 0.4) is 0 Å². The monoisotopic (exact) mass is 340 g/mol. The molecule has 5 rings (SSSR count). The standard InChI is InChI=1S/C18H20N4O3/c1-20-7-8-22-12(9-20)13-14(16(24)21(2)15(13)23)18(22)10-5-3-4-6-11(10)19-17(18)25/h3-6,12-14H,7-9H2,1-2H3,(H,19,25)/t12-,13+,14-,18+/m0/s1. The first-order chi connectivity index (χ1) is 12.0. The molecule has 0 unspecified atom stereocenters. The molecule has 4 heterocycles. The van der Waals surface area contributed by atoms with Crippen molar-refractivity contribution in [1.82, 2.24) is 14.7 Å². The summed E-state index contributed by atoms with van der Waals surface area (Å²) in [6.07, 6.45) is 0. The van der Waals surface area contributed by atoms with Crippen molar-refractivity contribution in [3.05, 3.63) is 29.8 Å². The number of nitrogens with one attached hydrogen (secondary N) is 1. The highest BCUT2D eigenvalue weighted by Crippen LogP contribution is 2.58. The van der Waals surface area contributed by atoms with Crippen LogP contribution in [-0.4, -0.2) is 72.2 Å². The molecule has 1 aromatic rings. The number of fused-ring (bicyclic) bond motifs is 7. The average molecular weight is 340 g/mol. The van der Waals surface area contributed by atoms with E-state index in [0.29, 0.717) is 13.1 Å². The van der Waals surface area contributed by atoms with Crippen molar-refractivity contribution in [2.45, 2.75) is 11.6 Å². The third-order valence-corrected chi connectivity index (χ3v) is 6.44. The second-order valence-electron chi connectivity index (χ2n) is 7.53. The molecule has 7 heteroatoms. The van der Waals surface area contributed by atoms with Gasteiger partial charge in [-0.25, -0.2) is 0 Å². The number of benzene rings is 1. The summed E-state index contributed by atoms with van der Waals surface area (Å²) in [4.78, 5) is 44.6. The largest absolute Gasteiger partial charge is 0.324 e. The maximum atomic E-state index is 13.2. The van der Waals surface area contributed by atoms with E-state index in [1.807, 2.05) is 31.3 Å². The summed E-state index contributed by atoms with van der Waals surface area (Å²) in [5, 5.41) is 2.96. The van der Waals surface area contributed by atoms with Crippen molar-refractivity contribution in [2.75, 3.05) is 39.0 Å². The second kappa shape index (κ2) is 4.68. The maximum absolute atomic E-state index is 13.2. The first kappa shape index (κ1) is 15.0. The molecular formula is C18H20N4O3. The van der Waals surface area contributed by atoms with Gasteiger partial charge in [0.15, 0.2) is 0 Å². The molecule has 0 saturated carbocycles. The van der Waals surface area contributed by atoms with Crippen LogP contribution in [0.25, 0.3) is 0 Å². The van der Waals surface area contributed by atoms with Gasteiger partial charge in [-0.15, -0.1) is 0 Å². The summed E-state index contributed by atoms with van der Waals surface area (Å²) < 4.78 is 0. The van der Waals surface area contributed by atoms with Crippen LogP contribution < -0.4 is 5.32 Å². The van der Waals surface area contributed by atoms with E-state index in [1.54, 1.807) is 0 Å². The lowest BCUT2D eigenvalue weighted by molar-refractivity contribution is -0.146. The fourth-order valence-corrected chi connectivity index (χ4v) is 5.40. The number of rotatable bonds is 0. The lowest BCUT2D eigenvalue weighted by Gasteiger charge is -2.44. The van der Waals surface area contributed by atoms with Crippen LogP contribution in [-0.2, 0) is 19.9 Å². The SMILES string of the molecule is CN1CCN2[C@@H](C1)[C@H]1C(=O)N(C)C(=O)[C@H]1[C@]21C(=O)Nc2ccccc21. The number of para-hydroxylation sites is 1. The zero-order chi connectivity index (χ0) is 17.5. The van der Waals surface area contributed by atoms with E-state index in [0.717, 1.165) is 17.8 Å². The van der Waals surface area contributed by atoms with Crippen LogP contribution in [0.2, 0.25) is 0 Å². The minimum absolute atomic E-state index is 0.123. The van der Waals surface area contributed by atoms with Gasteiger partial charge < -0.3 is 10.2 Å². The molecule has 1 spiro atoms. The smallest absolute Gasteiger partial charge is 0.250 e. The van der Waals surface area contributed by atoms with Crippen molar-refractivity contribution in [3.63, 3.8) is 0 Å². The van der Waals surface area contributed by atoms with Gasteiger partial charge in [0.25, 0.3) is 0 Å². The van der Waals surface area contributed by atoms with Gasteiger partial charge >= 0.3 is 0 Å². The fourth-order valence-electron chi connectivity index (χ4n) is 5.40. The van der Waals surface area contributed by atoms with Crippen LogP contribution >= 0.6 is 0 Å². The molecular weight excluding hydrogens is 320 g/mol. The van der Waals surface area contributed by atoms with Gasteiger partial charge in [-0.2, -0.15) is 0 Å². The van der Waals surface area contributed by atoms with Crippen LogP contribution in [0.1, 0.15) is 5.56 Å². The summed E-state index contributed by atoms with van der Waals surface area (Å²) in [7, 11) is 3.55. The number of amides is 3. The Morgan fingerprint density at radius 3 is 2.64 bits per heavy atom.